The molecule has 9 heavy (non-hydrogen) atoms. The molecule has 0 aromatic heterocycles. The van der Waals surface area contributed by atoms with Crippen molar-refractivity contribution in [2.75, 3.05) is 13.2 Å². The number of aliphatic hydroxyl groups is 1. The van der Waals surface area contributed by atoms with E-state index in [9.17, 15) is 0 Å². The summed E-state index contributed by atoms with van der Waals surface area (Å²) < 4.78 is 26.6. The molecule has 0 bridgehead atoms. The topological polar surface area (TPSA) is 131 Å². The lowest BCUT2D eigenvalue weighted by molar-refractivity contribution is -0.372. The van der Waals surface area contributed by atoms with Gasteiger partial charge in [0.1, 0.15) is 0 Å². The second-order valence-electron chi connectivity index (χ2n) is 1.07. The van der Waals surface area contributed by atoms with Crippen molar-refractivity contribution in [2.45, 2.75) is 0 Å². The van der Waals surface area contributed by atoms with Crippen LogP contribution in [-0.2, 0) is 10.3 Å². The minimum Gasteiger partial charge on any atom is -0.736 e. The summed E-state index contributed by atoms with van der Waals surface area (Å²) in [5, 5.41) is 11.6. The fourth-order valence-electron chi connectivity index (χ4n) is 0. The van der Waals surface area contributed by atoms with Gasteiger partial charge in [0.2, 0.25) is 0 Å². The molecule has 0 spiro atoms. The summed E-state index contributed by atoms with van der Waals surface area (Å²) in [5.41, 5.74) is 3.35. The minimum atomic E-state index is -4.42. The highest BCUT2D eigenvalue weighted by atomic mass is 32.2. The first-order valence-electron chi connectivity index (χ1n) is 2.05. The van der Waals surface area contributed by atoms with Gasteiger partial charge in [-0.3, -0.25) is 0 Å². The molecule has 58 valence electrons. The Morgan fingerprint density at radius 1 is 1.67 bits per heavy atom. The highest BCUT2D eigenvalue weighted by Gasteiger charge is 1.64. The van der Waals surface area contributed by atoms with Gasteiger partial charge in [-0.2, -0.15) is 0 Å². The number of aliphatic hydroxyl groups excluding tert-OH is 1. The van der Waals surface area contributed by atoms with Gasteiger partial charge in [-0.15, -0.1) is 0 Å². The Kier molecular flexibility index (Phi) is 7.61. The van der Waals surface area contributed by atoms with Crippen LogP contribution in [-0.4, -0.2) is 31.2 Å². The summed E-state index contributed by atoms with van der Waals surface area (Å²) in [4.78, 5) is 0. The summed E-state index contributed by atoms with van der Waals surface area (Å²) in [6, 6.07) is 0. The molecule has 7 heteroatoms. The van der Waals surface area contributed by atoms with Gasteiger partial charge in [0, 0.05) is 0 Å². The molecule has 6 nitrogen and oxygen atoms in total. The zero-order valence-corrected chi connectivity index (χ0v) is 5.60. The Hall–Kier alpha value is -0.210. The van der Waals surface area contributed by atoms with Gasteiger partial charge in [0.15, 0.2) is 10.3 Å². The maximum absolute atomic E-state index is 8.85. The normalized spacial score (nSPS) is 9.78. The van der Waals surface area contributed by atoms with Crippen LogP contribution >= 0.6 is 0 Å². The van der Waals surface area contributed by atoms with Gasteiger partial charge in [0.25, 0.3) is 0 Å². The molecule has 0 saturated carbocycles. The second-order valence-corrected chi connectivity index (χ2v) is 2.06. The summed E-state index contributed by atoms with van der Waals surface area (Å²) in [5.74, 6) is 0. The fraction of sp³-hybridized carbons (Fsp3) is 1.00. The van der Waals surface area contributed by atoms with Crippen LogP contribution in [0, 0.1) is 0 Å². The Morgan fingerprint density at radius 2 is 1.78 bits per heavy atom. The number of quaternary nitrogens is 1. The van der Waals surface area contributed by atoms with Crippen LogP contribution in [0.3, 0.4) is 0 Å². The SMILES string of the molecule is NS(=O)(=O)[O-].[NH3+]CCO. The van der Waals surface area contributed by atoms with Gasteiger partial charge in [-0.05, 0) is 0 Å². The minimum absolute atomic E-state index is 0.208. The van der Waals surface area contributed by atoms with E-state index in [-0.39, 0.29) is 6.61 Å². The van der Waals surface area contributed by atoms with Crippen molar-refractivity contribution in [3.63, 3.8) is 0 Å². The van der Waals surface area contributed by atoms with E-state index < -0.39 is 10.3 Å². The van der Waals surface area contributed by atoms with Crippen molar-refractivity contribution in [1.29, 1.82) is 0 Å². The maximum Gasteiger partial charge on any atom is 0.156 e. The summed E-state index contributed by atoms with van der Waals surface area (Å²) >= 11 is 0. The van der Waals surface area contributed by atoms with Crippen molar-refractivity contribution < 1.29 is 23.8 Å². The highest BCUT2D eigenvalue weighted by Crippen LogP contribution is 1.49. The zero-order chi connectivity index (χ0) is 7.91. The number of hydrogen-bond acceptors (Lipinski definition) is 4. The van der Waals surface area contributed by atoms with Crippen LogP contribution in [0.5, 0.6) is 0 Å². The first-order valence-corrected chi connectivity index (χ1v) is 3.52. The average molecular weight is 158 g/mol. The average Bonchev–Trinajstić information content (AvgIpc) is 1.61. The first-order chi connectivity index (χ1) is 3.91. The molecule has 0 saturated heterocycles. The Morgan fingerprint density at radius 3 is 1.78 bits per heavy atom. The first kappa shape index (κ1) is 11.6. The van der Waals surface area contributed by atoms with E-state index in [0.717, 1.165) is 0 Å². The lowest BCUT2D eigenvalue weighted by atomic mass is 10.8. The molecule has 0 amide bonds. The lowest BCUT2D eigenvalue weighted by Gasteiger charge is -1.90. The highest BCUT2D eigenvalue weighted by molar-refractivity contribution is 7.83. The Bertz CT molecular complexity index is 120. The van der Waals surface area contributed by atoms with E-state index in [1.807, 2.05) is 0 Å². The zero-order valence-electron chi connectivity index (χ0n) is 4.78. The molecule has 0 aliphatic carbocycles. The van der Waals surface area contributed by atoms with Crippen LogP contribution in [0.25, 0.3) is 0 Å². The van der Waals surface area contributed by atoms with Gasteiger partial charge in [-0.25, -0.2) is 13.6 Å². The third kappa shape index (κ3) is 418. The largest absolute Gasteiger partial charge is 0.736 e. The van der Waals surface area contributed by atoms with E-state index in [1.54, 1.807) is 0 Å². The van der Waals surface area contributed by atoms with Crippen molar-refractivity contribution in [3.8, 4) is 0 Å². The van der Waals surface area contributed by atoms with Crippen LogP contribution in [0.2, 0.25) is 0 Å². The molecule has 0 heterocycles. The van der Waals surface area contributed by atoms with Crippen LogP contribution in [0.4, 0.5) is 0 Å². The molecule has 6 N–H and O–H groups in total. The van der Waals surface area contributed by atoms with Crippen molar-refractivity contribution in [1.82, 2.24) is 0 Å². The summed E-state index contributed by atoms with van der Waals surface area (Å²) in [6.45, 7) is 0.833. The Balaban J connectivity index is 0. The monoisotopic (exact) mass is 158 g/mol. The van der Waals surface area contributed by atoms with Crippen molar-refractivity contribution >= 4 is 10.3 Å². The van der Waals surface area contributed by atoms with Crippen LogP contribution in [0.15, 0.2) is 0 Å². The molecular formula is C2H10N2O4S. The predicted molar refractivity (Wildman–Crippen MR) is 28.7 cm³/mol. The molecule has 0 aliphatic rings. The number of rotatable bonds is 1. The molecule has 0 aromatic rings. The number of nitrogens with two attached hydrogens (primary N) is 1. The van der Waals surface area contributed by atoms with Crippen molar-refractivity contribution in [2.24, 2.45) is 5.14 Å². The second kappa shape index (κ2) is 5.92. The molecule has 0 rings (SSSR count). The standard InChI is InChI=1S/C2H7NO.H3NO3S/c3-1-2-4;1-5(2,3)4/h4H,1-3H2;(H3,1,2,3,4). The Labute approximate surface area is 53.3 Å². The van der Waals surface area contributed by atoms with E-state index >= 15 is 0 Å². The molecule has 0 unspecified atom stereocenters. The van der Waals surface area contributed by atoms with Crippen LogP contribution in [0.1, 0.15) is 0 Å². The molecule has 0 aromatic carbocycles. The number of hydrogen-bond donors (Lipinski definition) is 3. The van der Waals surface area contributed by atoms with Gasteiger partial charge < -0.3 is 15.4 Å². The van der Waals surface area contributed by atoms with Gasteiger partial charge in [-0.1, -0.05) is 0 Å². The van der Waals surface area contributed by atoms with Gasteiger partial charge in [0.05, 0.1) is 13.2 Å². The molecule has 0 atom stereocenters. The van der Waals surface area contributed by atoms with E-state index in [1.165, 1.54) is 0 Å². The summed E-state index contributed by atoms with van der Waals surface area (Å²) in [6.07, 6.45) is 0. The molecule has 0 radical (unpaired) electrons. The molecule has 0 aliphatic heterocycles. The van der Waals surface area contributed by atoms with Gasteiger partial charge >= 0.3 is 0 Å². The van der Waals surface area contributed by atoms with E-state index in [4.69, 9.17) is 18.1 Å². The molecule has 0 fully saturated rings. The van der Waals surface area contributed by atoms with Crippen LogP contribution < -0.4 is 10.9 Å². The maximum atomic E-state index is 8.85. The van der Waals surface area contributed by atoms with E-state index in [2.05, 4.69) is 10.9 Å². The lowest BCUT2D eigenvalue weighted by Crippen LogP contribution is -2.51. The predicted octanol–water partition coefficient (Wildman–Crippen LogP) is -3.37. The quantitative estimate of drug-likeness (QED) is 0.343. The molecular weight excluding hydrogens is 148 g/mol. The third-order valence-electron chi connectivity index (χ3n) is 0.158. The fourth-order valence-corrected chi connectivity index (χ4v) is 0. The third-order valence-corrected chi connectivity index (χ3v) is 0.158. The smallest absolute Gasteiger partial charge is 0.156 e. The van der Waals surface area contributed by atoms with E-state index in [0.29, 0.717) is 6.54 Å². The van der Waals surface area contributed by atoms with Crippen molar-refractivity contribution in [3.05, 3.63) is 0 Å². The summed E-state index contributed by atoms with van der Waals surface area (Å²) in [7, 11) is -4.42.